The molecule has 27 heavy (non-hydrogen) atoms. The average molecular weight is 371 g/mol. The van der Waals surface area contributed by atoms with E-state index in [9.17, 15) is 4.79 Å². The van der Waals surface area contributed by atoms with Gasteiger partial charge in [-0.3, -0.25) is 4.79 Å². The molecule has 0 saturated carbocycles. The van der Waals surface area contributed by atoms with Crippen LogP contribution in [-0.2, 0) is 17.8 Å². The van der Waals surface area contributed by atoms with Gasteiger partial charge >= 0.3 is 0 Å². The molecule has 0 radical (unpaired) electrons. The molecule has 0 aliphatic rings. The Morgan fingerprint density at radius 2 is 2.15 bits per heavy atom. The van der Waals surface area contributed by atoms with Gasteiger partial charge in [0.15, 0.2) is 11.5 Å². The van der Waals surface area contributed by atoms with E-state index < -0.39 is 0 Å². The Hall–Kier alpha value is -3.29. The molecule has 0 aliphatic carbocycles. The van der Waals surface area contributed by atoms with Crippen LogP contribution in [0.5, 0.6) is 11.5 Å². The predicted molar refractivity (Wildman–Crippen MR) is 96.3 cm³/mol. The van der Waals surface area contributed by atoms with Crippen LogP contribution < -0.4 is 14.8 Å². The highest BCUT2D eigenvalue weighted by Crippen LogP contribution is 2.31. The van der Waals surface area contributed by atoms with Gasteiger partial charge in [-0.25, -0.2) is 0 Å². The number of ether oxygens (including phenoxy) is 2. The van der Waals surface area contributed by atoms with Gasteiger partial charge in [-0.2, -0.15) is 4.98 Å². The van der Waals surface area contributed by atoms with E-state index in [1.165, 1.54) is 0 Å². The number of benzene rings is 1. The van der Waals surface area contributed by atoms with Gasteiger partial charge < -0.3 is 23.7 Å². The molecule has 0 spiro atoms. The average Bonchev–Trinajstić information content (AvgIpc) is 3.37. The van der Waals surface area contributed by atoms with E-state index in [0.717, 1.165) is 5.56 Å². The fourth-order valence-corrected chi connectivity index (χ4v) is 2.46. The second-order valence-corrected chi connectivity index (χ2v) is 5.67. The van der Waals surface area contributed by atoms with Crippen molar-refractivity contribution < 1.29 is 23.2 Å². The number of carbonyl (C=O) groups is 1. The fourth-order valence-electron chi connectivity index (χ4n) is 2.46. The van der Waals surface area contributed by atoms with E-state index in [1.54, 1.807) is 37.6 Å². The summed E-state index contributed by atoms with van der Waals surface area (Å²) in [6, 6.07) is 9.00. The third kappa shape index (κ3) is 4.87. The summed E-state index contributed by atoms with van der Waals surface area (Å²) in [5.74, 6) is 2.66. The molecule has 1 aromatic carbocycles. The number of hydrogen-bond acceptors (Lipinski definition) is 7. The zero-order valence-corrected chi connectivity index (χ0v) is 15.2. The number of carbonyl (C=O) groups excluding carboxylic acids is 1. The molecule has 1 amide bonds. The minimum Gasteiger partial charge on any atom is -0.493 e. The van der Waals surface area contributed by atoms with Crippen molar-refractivity contribution in [3.8, 4) is 22.9 Å². The first-order valence-corrected chi connectivity index (χ1v) is 8.62. The number of rotatable bonds is 9. The zero-order valence-electron chi connectivity index (χ0n) is 15.2. The molecule has 1 N–H and O–H groups in total. The van der Waals surface area contributed by atoms with Crippen molar-refractivity contribution in [2.45, 2.75) is 26.3 Å². The van der Waals surface area contributed by atoms with E-state index >= 15 is 0 Å². The topological polar surface area (TPSA) is 99.6 Å². The molecule has 0 bridgehead atoms. The van der Waals surface area contributed by atoms with Gasteiger partial charge in [-0.1, -0.05) is 5.16 Å². The largest absolute Gasteiger partial charge is 0.493 e. The maximum Gasteiger partial charge on any atom is 0.227 e. The van der Waals surface area contributed by atoms with Gasteiger partial charge in [-0.15, -0.1) is 0 Å². The second kappa shape index (κ2) is 8.88. The molecule has 8 heteroatoms. The molecule has 8 nitrogen and oxygen atoms in total. The smallest absolute Gasteiger partial charge is 0.227 e. The molecule has 2 aromatic heterocycles. The summed E-state index contributed by atoms with van der Waals surface area (Å²) in [5, 5.41) is 6.75. The van der Waals surface area contributed by atoms with Crippen molar-refractivity contribution in [2.75, 3.05) is 13.7 Å². The summed E-state index contributed by atoms with van der Waals surface area (Å²) in [6.07, 6.45) is 2.16. The van der Waals surface area contributed by atoms with Crippen LogP contribution in [0, 0.1) is 0 Å². The highest BCUT2D eigenvalue weighted by Gasteiger charge is 2.13. The van der Waals surface area contributed by atoms with Crippen molar-refractivity contribution in [3.63, 3.8) is 0 Å². The minimum absolute atomic E-state index is 0.117. The summed E-state index contributed by atoms with van der Waals surface area (Å²) in [6.45, 7) is 2.81. The maximum atomic E-state index is 11.9. The number of furan rings is 1. The number of amides is 1. The van der Waals surface area contributed by atoms with Crippen LogP contribution in [0.15, 0.2) is 45.5 Å². The Bertz CT molecular complexity index is 873. The van der Waals surface area contributed by atoms with Crippen LogP contribution >= 0.6 is 0 Å². The first-order chi connectivity index (χ1) is 13.2. The number of aryl methyl sites for hydroxylation is 1. The van der Waals surface area contributed by atoms with Gasteiger partial charge in [-0.05, 0) is 37.3 Å². The van der Waals surface area contributed by atoms with Gasteiger partial charge in [0, 0.05) is 18.4 Å². The first kappa shape index (κ1) is 18.5. The van der Waals surface area contributed by atoms with Gasteiger partial charge in [0.25, 0.3) is 0 Å². The summed E-state index contributed by atoms with van der Waals surface area (Å²) < 4.78 is 21.2. The van der Waals surface area contributed by atoms with Crippen LogP contribution in [0.25, 0.3) is 11.4 Å². The third-order valence-corrected chi connectivity index (χ3v) is 3.80. The van der Waals surface area contributed by atoms with E-state index in [-0.39, 0.29) is 12.3 Å². The summed E-state index contributed by atoms with van der Waals surface area (Å²) in [7, 11) is 1.57. The molecular weight excluding hydrogens is 350 g/mol. The normalized spacial score (nSPS) is 10.6. The second-order valence-electron chi connectivity index (χ2n) is 5.67. The zero-order chi connectivity index (χ0) is 19.1. The van der Waals surface area contributed by atoms with E-state index in [4.69, 9.17) is 18.4 Å². The lowest BCUT2D eigenvalue weighted by molar-refractivity contribution is -0.121. The molecule has 0 unspecified atom stereocenters. The maximum absolute atomic E-state index is 11.9. The first-order valence-electron chi connectivity index (χ1n) is 8.62. The number of nitrogens with zero attached hydrogens (tertiary/aromatic N) is 2. The number of aromatic nitrogens is 2. The minimum atomic E-state index is -0.117. The van der Waals surface area contributed by atoms with Gasteiger partial charge in [0.05, 0.1) is 26.5 Å². The molecule has 3 aromatic rings. The Morgan fingerprint density at radius 3 is 2.89 bits per heavy atom. The Balaban J connectivity index is 1.57. The molecule has 142 valence electrons. The third-order valence-electron chi connectivity index (χ3n) is 3.80. The highest BCUT2D eigenvalue weighted by atomic mass is 16.5. The van der Waals surface area contributed by atoms with Gasteiger partial charge in [0.2, 0.25) is 17.6 Å². The lowest BCUT2D eigenvalue weighted by atomic mass is 10.2. The predicted octanol–water partition coefficient (Wildman–Crippen LogP) is 2.99. The molecule has 0 fully saturated rings. The molecule has 2 heterocycles. The highest BCUT2D eigenvalue weighted by molar-refractivity contribution is 5.75. The van der Waals surface area contributed by atoms with Crippen molar-refractivity contribution in [1.29, 1.82) is 0 Å². The van der Waals surface area contributed by atoms with Crippen LogP contribution in [0.2, 0.25) is 0 Å². The Morgan fingerprint density at radius 1 is 1.26 bits per heavy atom. The molecule has 0 atom stereocenters. The molecule has 0 saturated heterocycles. The molecular formula is C19H21N3O5. The van der Waals surface area contributed by atoms with Crippen molar-refractivity contribution in [3.05, 3.63) is 48.2 Å². The lowest BCUT2D eigenvalue weighted by Crippen LogP contribution is -2.22. The summed E-state index contributed by atoms with van der Waals surface area (Å²) in [4.78, 5) is 16.2. The number of nitrogens with one attached hydrogen (secondary N) is 1. The number of methoxy groups -OCH3 is 1. The van der Waals surface area contributed by atoms with E-state index in [0.29, 0.717) is 48.5 Å². The standard InChI is InChI=1S/C19H21N3O5/c1-3-25-15-7-6-13(11-16(15)24-2)19-21-18(27-22-19)9-8-17(23)20-12-14-5-4-10-26-14/h4-7,10-11H,3,8-9,12H2,1-2H3,(H,20,23). The van der Waals surface area contributed by atoms with Crippen LogP contribution in [-0.4, -0.2) is 29.8 Å². The lowest BCUT2D eigenvalue weighted by Gasteiger charge is -2.09. The Labute approximate surface area is 156 Å². The van der Waals surface area contributed by atoms with Crippen molar-refractivity contribution in [2.24, 2.45) is 0 Å². The van der Waals surface area contributed by atoms with Crippen molar-refractivity contribution in [1.82, 2.24) is 15.5 Å². The van der Waals surface area contributed by atoms with Gasteiger partial charge in [0.1, 0.15) is 5.76 Å². The van der Waals surface area contributed by atoms with Crippen LogP contribution in [0.1, 0.15) is 25.0 Å². The summed E-state index contributed by atoms with van der Waals surface area (Å²) in [5.41, 5.74) is 0.743. The quantitative estimate of drug-likeness (QED) is 0.617. The Kier molecular flexibility index (Phi) is 6.09. The van der Waals surface area contributed by atoms with Crippen molar-refractivity contribution >= 4 is 5.91 Å². The number of hydrogen-bond donors (Lipinski definition) is 1. The van der Waals surface area contributed by atoms with Crippen LogP contribution in [0.3, 0.4) is 0 Å². The van der Waals surface area contributed by atoms with Crippen LogP contribution in [0.4, 0.5) is 0 Å². The fraction of sp³-hybridized carbons (Fsp3) is 0.316. The summed E-state index contributed by atoms with van der Waals surface area (Å²) >= 11 is 0. The SMILES string of the molecule is CCOc1ccc(-c2noc(CCC(=O)NCc3ccco3)n2)cc1OC. The molecule has 0 aliphatic heterocycles. The van der Waals surface area contributed by atoms with E-state index in [2.05, 4.69) is 15.5 Å². The van der Waals surface area contributed by atoms with E-state index in [1.807, 2.05) is 13.0 Å². The molecule has 3 rings (SSSR count). The monoisotopic (exact) mass is 371 g/mol.